The lowest BCUT2D eigenvalue weighted by molar-refractivity contribution is -0.192. The van der Waals surface area contributed by atoms with Crippen molar-refractivity contribution in [3.05, 3.63) is 76.5 Å². The van der Waals surface area contributed by atoms with Crippen molar-refractivity contribution in [3.63, 3.8) is 0 Å². The fourth-order valence-corrected chi connectivity index (χ4v) is 4.18. The van der Waals surface area contributed by atoms with Crippen molar-refractivity contribution in [2.24, 2.45) is 5.73 Å². The number of aromatic nitrogens is 3. The first kappa shape index (κ1) is 29.3. The summed E-state index contributed by atoms with van der Waals surface area (Å²) in [4.78, 5) is 24.6. The van der Waals surface area contributed by atoms with Gasteiger partial charge in [0.25, 0.3) is 0 Å². The zero-order chi connectivity index (χ0) is 29.0. The number of nitrogens with zero attached hydrogens (tertiary/aromatic N) is 3. The Labute approximate surface area is 223 Å². The van der Waals surface area contributed by atoms with Crippen molar-refractivity contribution in [2.75, 3.05) is 6.54 Å². The van der Waals surface area contributed by atoms with Crippen molar-refractivity contribution in [2.45, 2.75) is 51.7 Å². The fourth-order valence-electron chi connectivity index (χ4n) is 4.18. The monoisotopic (exact) mass is 541 g/mol. The maximum absolute atomic E-state index is 13.0. The van der Waals surface area contributed by atoms with Gasteiger partial charge in [-0.05, 0) is 48.6 Å². The number of nitrogens with one attached hydrogen (secondary N) is 1. The molecule has 2 aromatic carbocycles. The molecule has 0 amide bonds. The molecule has 4 N–H and O–H groups in total. The Morgan fingerprint density at radius 1 is 1.08 bits per heavy atom. The van der Waals surface area contributed by atoms with Crippen molar-refractivity contribution in [1.82, 2.24) is 14.1 Å². The van der Waals surface area contributed by atoms with E-state index >= 15 is 0 Å². The van der Waals surface area contributed by atoms with Crippen LogP contribution in [-0.4, -0.2) is 37.9 Å². The number of aryl methyl sites for hydroxylation is 1. The molecule has 0 atom stereocenters. The van der Waals surface area contributed by atoms with E-state index in [4.69, 9.17) is 15.6 Å². The molecule has 0 radical (unpaired) electrons. The predicted molar refractivity (Wildman–Crippen MR) is 143 cm³/mol. The summed E-state index contributed by atoms with van der Waals surface area (Å²) in [5.74, 6) is -2.76. The Hall–Kier alpha value is -4.30. The van der Waals surface area contributed by atoms with E-state index in [-0.39, 0.29) is 16.8 Å². The summed E-state index contributed by atoms with van der Waals surface area (Å²) in [6, 6.07) is 18.3. The minimum Gasteiger partial charge on any atom is -0.475 e. The first-order chi connectivity index (χ1) is 18.3. The van der Waals surface area contributed by atoms with E-state index in [0.717, 1.165) is 41.5 Å². The van der Waals surface area contributed by atoms with Crippen LogP contribution < -0.4 is 11.4 Å². The number of benzene rings is 2. The topological polar surface area (TPSA) is 130 Å². The van der Waals surface area contributed by atoms with Gasteiger partial charge in [-0.2, -0.15) is 18.4 Å². The molecule has 39 heavy (non-hydrogen) atoms. The number of aliphatic carboxylic acids is 1. The number of H-pyrrole nitrogens is 1. The molecule has 2 heterocycles. The first-order valence-electron chi connectivity index (χ1n) is 12.2. The van der Waals surface area contributed by atoms with Crippen LogP contribution in [0.5, 0.6) is 0 Å². The molecule has 0 saturated carbocycles. The Kier molecular flexibility index (Phi) is 8.71. The van der Waals surface area contributed by atoms with Crippen LogP contribution in [-0.2, 0) is 16.8 Å². The number of hydrogen-bond acceptors (Lipinski definition) is 4. The molecule has 206 valence electrons. The van der Waals surface area contributed by atoms with Crippen molar-refractivity contribution in [1.29, 1.82) is 5.26 Å². The quantitative estimate of drug-likeness (QED) is 0.284. The lowest BCUT2D eigenvalue weighted by Crippen LogP contribution is -2.21. The van der Waals surface area contributed by atoms with E-state index in [0.29, 0.717) is 12.2 Å². The van der Waals surface area contributed by atoms with Gasteiger partial charge in [0.15, 0.2) is 0 Å². The number of hydrogen-bond donors (Lipinski definition) is 3. The Morgan fingerprint density at radius 2 is 1.69 bits per heavy atom. The molecule has 0 bridgehead atoms. The van der Waals surface area contributed by atoms with Gasteiger partial charge in [-0.25, -0.2) is 9.59 Å². The second-order valence-corrected chi connectivity index (χ2v) is 9.95. The molecule has 0 spiro atoms. The Morgan fingerprint density at radius 3 is 2.23 bits per heavy atom. The first-order valence-corrected chi connectivity index (χ1v) is 12.2. The molecule has 0 unspecified atom stereocenters. The van der Waals surface area contributed by atoms with Crippen LogP contribution in [0.3, 0.4) is 0 Å². The molecule has 0 aliphatic rings. The SMILES string of the molecule is CC(C)(C)c1ccc(-n2c(-c3cn(CCCCN)c4ccccc34)c(C#N)[nH]c2=O)cc1.O=C(O)C(F)(F)F. The summed E-state index contributed by atoms with van der Waals surface area (Å²) in [5, 5.41) is 17.9. The third-order valence-corrected chi connectivity index (χ3v) is 6.14. The number of alkyl halides is 3. The fraction of sp³-hybridized carbons (Fsp3) is 0.321. The summed E-state index contributed by atoms with van der Waals surface area (Å²) < 4.78 is 35.5. The van der Waals surface area contributed by atoms with Crippen molar-refractivity contribution >= 4 is 16.9 Å². The van der Waals surface area contributed by atoms with Gasteiger partial charge in [-0.15, -0.1) is 0 Å². The van der Waals surface area contributed by atoms with Crippen LogP contribution in [0.1, 0.15) is 44.9 Å². The van der Waals surface area contributed by atoms with Gasteiger partial charge in [0.2, 0.25) is 0 Å². The number of unbranched alkanes of at least 4 members (excludes halogenated alkanes) is 1. The molecular formula is C28H30F3N5O3. The van der Waals surface area contributed by atoms with Crippen LogP contribution in [0.4, 0.5) is 13.2 Å². The van der Waals surface area contributed by atoms with Gasteiger partial charge in [-0.3, -0.25) is 9.55 Å². The average Bonchev–Trinajstić information content (AvgIpc) is 3.40. The van der Waals surface area contributed by atoms with Crippen LogP contribution in [0.25, 0.3) is 27.8 Å². The van der Waals surface area contributed by atoms with Gasteiger partial charge in [0.05, 0.1) is 11.4 Å². The second kappa shape index (κ2) is 11.6. The van der Waals surface area contributed by atoms with E-state index in [1.807, 2.05) is 48.7 Å². The third-order valence-electron chi connectivity index (χ3n) is 6.14. The lowest BCUT2D eigenvalue weighted by atomic mass is 9.87. The Bertz CT molecular complexity index is 1550. The minimum absolute atomic E-state index is 0.0131. The van der Waals surface area contributed by atoms with Crippen molar-refractivity contribution < 1.29 is 23.1 Å². The van der Waals surface area contributed by atoms with E-state index in [2.05, 4.69) is 42.5 Å². The molecule has 2 aromatic heterocycles. The lowest BCUT2D eigenvalue weighted by Gasteiger charge is -2.19. The number of halogens is 3. The zero-order valence-electron chi connectivity index (χ0n) is 21.8. The number of nitrogens with two attached hydrogens (primary N) is 1. The molecule has 4 rings (SSSR count). The van der Waals surface area contributed by atoms with Gasteiger partial charge < -0.3 is 15.4 Å². The molecule has 0 aliphatic heterocycles. The number of aromatic amines is 1. The van der Waals surface area contributed by atoms with Gasteiger partial charge >= 0.3 is 17.8 Å². The third kappa shape index (κ3) is 6.59. The highest BCUT2D eigenvalue weighted by molar-refractivity contribution is 5.96. The largest absolute Gasteiger partial charge is 0.490 e. The number of carbonyl (C=O) groups is 1. The number of nitriles is 1. The van der Waals surface area contributed by atoms with Crippen LogP contribution >= 0.6 is 0 Å². The number of carboxylic acid groups (broad SMARTS) is 1. The number of carboxylic acids is 1. The van der Waals surface area contributed by atoms with Crippen LogP contribution in [0, 0.1) is 11.3 Å². The van der Waals surface area contributed by atoms with Crippen LogP contribution in [0.15, 0.2) is 59.5 Å². The summed E-state index contributed by atoms with van der Waals surface area (Å²) in [7, 11) is 0. The number of imidazole rings is 1. The highest BCUT2D eigenvalue weighted by Crippen LogP contribution is 2.34. The molecule has 11 heteroatoms. The number of para-hydroxylation sites is 1. The molecular weight excluding hydrogens is 511 g/mol. The number of fused-ring (bicyclic) bond motifs is 1. The smallest absolute Gasteiger partial charge is 0.475 e. The highest BCUT2D eigenvalue weighted by Gasteiger charge is 2.38. The predicted octanol–water partition coefficient (Wildman–Crippen LogP) is 5.33. The van der Waals surface area contributed by atoms with E-state index in [1.54, 1.807) is 4.57 Å². The molecule has 0 saturated heterocycles. The molecule has 0 aliphatic carbocycles. The second-order valence-electron chi connectivity index (χ2n) is 9.95. The van der Waals surface area contributed by atoms with Gasteiger partial charge in [-0.1, -0.05) is 51.1 Å². The van der Waals surface area contributed by atoms with Crippen molar-refractivity contribution in [3.8, 4) is 23.0 Å². The molecule has 4 aromatic rings. The standard InChI is InChI=1S/C26H29N5O.C2HF3O2/c1-26(2,3)18-10-12-19(13-11-18)31-24(22(16-28)29-25(31)32)21-17-30(15-7-6-14-27)23-9-5-4-8-20(21)23;3-2(4,5)1(6)7/h4-5,8-13,17H,6-7,14-15,27H2,1-3H3,(H,29,32);(H,6,7). The maximum Gasteiger partial charge on any atom is 0.490 e. The van der Waals surface area contributed by atoms with E-state index in [9.17, 15) is 23.2 Å². The maximum atomic E-state index is 13.0. The molecule has 0 fully saturated rings. The van der Waals surface area contributed by atoms with E-state index in [1.165, 1.54) is 5.56 Å². The number of rotatable bonds is 6. The highest BCUT2D eigenvalue weighted by atomic mass is 19.4. The van der Waals surface area contributed by atoms with Gasteiger partial charge in [0.1, 0.15) is 11.8 Å². The van der Waals surface area contributed by atoms with Crippen LogP contribution in [0.2, 0.25) is 0 Å². The summed E-state index contributed by atoms with van der Waals surface area (Å²) >= 11 is 0. The van der Waals surface area contributed by atoms with E-state index < -0.39 is 12.1 Å². The van der Waals surface area contributed by atoms with Gasteiger partial charge in [0, 0.05) is 29.2 Å². The normalized spacial score (nSPS) is 11.6. The summed E-state index contributed by atoms with van der Waals surface area (Å²) in [6.07, 6.45) is -1.13. The minimum atomic E-state index is -5.08. The average molecular weight is 542 g/mol. The summed E-state index contributed by atoms with van der Waals surface area (Å²) in [5.41, 5.74) is 10.1. The zero-order valence-corrected chi connectivity index (χ0v) is 21.8. The summed E-state index contributed by atoms with van der Waals surface area (Å²) in [6.45, 7) is 7.96. The Balaban J connectivity index is 0.000000532. The molecule has 8 nitrogen and oxygen atoms in total.